The number of hydrogen-bond acceptors (Lipinski definition) is 9. The number of nitrogens with zero attached hydrogens (tertiary/aromatic N) is 5. The number of aromatic nitrogens is 5. The number of hydrogen-bond donors (Lipinski definition) is 2. The van der Waals surface area contributed by atoms with Gasteiger partial charge in [-0.15, -0.1) is 10.2 Å². The zero-order chi connectivity index (χ0) is 20.2. The fourth-order valence-electron chi connectivity index (χ4n) is 2.52. The minimum absolute atomic E-state index is 0.136. The van der Waals surface area contributed by atoms with Crippen LogP contribution in [0.2, 0.25) is 5.02 Å². The Morgan fingerprint density at radius 2 is 1.93 bits per heavy atom. The maximum atomic E-state index is 6.00. The Bertz CT molecular complexity index is 1150. The molecule has 0 bridgehead atoms. The van der Waals surface area contributed by atoms with E-state index in [0.29, 0.717) is 33.7 Å². The van der Waals surface area contributed by atoms with Crippen molar-refractivity contribution in [2.24, 2.45) is 0 Å². The predicted molar refractivity (Wildman–Crippen MR) is 113 cm³/mol. The number of nitrogen functional groups attached to an aromatic ring is 1. The van der Waals surface area contributed by atoms with Gasteiger partial charge in [0.1, 0.15) is 5.82 Å². The van der Waals surface area contributed by atoms with E-state index < -0.39 is 0 Å². The normalized spacial score (nSPS) is 10.8. The number of benzene rings is 2. The van der Waals surface area contributed by atoms with E-state index in [1.54, 1.807) is 12.1 Å². The number of nitrogens with one attached hydrogen (secondary N) is 1. The van der Waals surface area contributed by atoms with Crippen LogP contribution < -0.4 is 11.1 Å². The van der Waals surface area contributed by atoms with Crippen LogP contribution in [0.15, 0.2) is 58.2 Å². The number of nitrogens with two attached hydrogens (primary N) is 1. The van der Waals surface area contributed by atoms with Crippen LogP contribution in [0.1, 0.15) is 11.4 Å². The molecule has 2 aromatic carbocycles. The minimum atomic E-state index is 0.136. The molecule has 8 nitrogen and oxygen atoms in total. The van der Waals surface area contributed by atoms with Crippen molar-refractivity contribution in [1.82, 2.24) is 25.1 Å². The molecular weight excluding hydrogens is 410 g/mol. The fraction of sp³-hybridized carbons (Fsp3) is 0.105. The van der Waals surface area contributed by atoms with Gasteiger partial charge in [-0.3, -0.25) is 0 Å². The second kappa shape index (κ2) is 8.46. The molecule has 2 heterocycles. The molecule has 0 aliphatic carbocycles. The first-order chi connectivity index (χ1) is 14.1. The summed E-state index contributed by atoms with van der Waals surface area (Å²) in [5, 5.41) is 12.3. The van der Waals surface area contributed by atoms with Crippen LogP contribution in [0.25, 0.3) is 11.5 Å². The first-order valence-corrected chi connectivity index (χ1v) is 9.98. The molecule has 3 N–H and O–H groups in total. The lowest BCUT2D eigenvalue weighted by atomic mass is 10.2. The van der Waals surface area contributed by atoms with Crippen LogP contribution in [0.4, 0.5) is 17.6 Å². The molecule has 0 saturated carbocycles. The van der Waals surface area contributed by atoms with Crippen LogP contribution >= 0.6 is 23.4 Å². The summed E-state index contributed by atoms with van der Waals surface area (Å²) < 4.78 is 5.68. The van der Waals surface area contributed by atoms with Crippen LogP contribution in [0.5, 0.6) is 0 Å². The molecule has 4 aromatic rings. The highest BCUT2D eigenvalue weighted by atomic mass is 35.5. The summed E-state index contributed by atoms with van der Waals surface area (Å²) in [6, 6.07) is 15.1. The lowest BCUT2D eigenvalue weighted by molar-refractivity contribution is 0.465. The van der Waals surface area contributed by atoms with E-state index in [1.165, 1.54) is 11.8 Å². The van der Waals surface area contributed by atoms with E-state index in [9.17, 15) is 0 Å². The van der Waals surface area contributed by atoms with Gasteiger partial charge < -0.3 is 15.5 Å². The SMILES string of the molecule is Cc1ccccc1Nc1nc(N)nc(CSc2nnc(-c3cccc(Cl)c3)o2)n1. The highest BCUT2D eigenvalue weighted by Gasteiger charge is 2.12. The maximum absolute atomic E-state index is 6.00. The Labute approximate surface area is 176 Å². The monoisotopic (exact) mass is 425 g/mol. The molecule has 29 heavy (non-hydrogen) atoms. The number of rotatable bonds is 6. The average molecular weight is 426 g/mol. The van der Waals surface area contributed by atoms with Gasteiger partial charge in [-0.1, -0.05) is 47.6 Å². The number of anilines is 3. The van der Waals surface area contributed by atoms with Crippen LogP contribution in [0, 0.1) is 6.92 Å². The van der Waals surface area contributed by atoms with Gasteiger partial charge in [0.2, 0.25) is 17.8 Å². The van der Waals surface area contributed by atoms with Crippen molar-refractivity contribution >= 4 is 40.9 Å². The Kier molecular flexibility index (Phi) is 5.59. The summed E-state index contributed by atoms with van der Waals surface area (Å²) in [6.07, 6.45) is 0. The van der Waals surface area contributed by atoms with Crippen LogP contribution in [0.3, 0.4) is 0 Å². The second-order valence-corrected chi connectivity index (χ2v) is 7.41. The minimum Gasteiger partial charge on any atom is -0.411 e. The molecule has 10 heteroatoms. The quantitative estimate of drug-likeness (QED) is 0.430. The van der Waals surface area contributed by atoms with Gasteiger partial charge in [0.05, 0.1) is 5.75 Å². The highest BCUT2D eigenvalue weighted by Crippen LogP contribution is 2.27. The van der Waals surface area contributed by atoms with Gasteiger partial charge >= 0.3 is 0 Å². The predicted octanol–water partition coefficient (Wildman–Crippen LogP) is 4.50. The zero-order valence-corrected chi connectivity index (χ0v) is 16.9. The van der Waals surface area contributed by atoms with Crippen molar-refractivity contribution in [1.29, 1.82) is 0 Å². The van der Waals surface area contributed by atoms with E-state index in [0.717, 1.165) is 16.8 Å². The van der Waals surface area contributed by atoms with Crippen molar-refractivity contribution in [2.45, 2.75) is 17.9 Å². The lowest BCUT2D eigenvalue weighted by Gasteiger charge is -2.09. The number of aryl methyl sites for hydroxylation is 1. The summed E-state index contributed by atoms with van der Waals surface area (Å²) >= 11 is 7.32. The van der Waals surface area contributed by atoms with Gasteiger partial charge in [-0.2, -0.15) is 15.0 Å². The highest BCUT2D eigenvalue weighted by molar-refractivity contribution is 7.98. The van der Waals surface area contributed by atoms with Gasteiger partial charge in [0, 0.05) is 16.3 Å². The Morgan fingerprint density at radius 3 is 2.76 bits per heavy atom. The van der Waals surface area contributed by atoms with Crippen molar-refractivity contribution in [2.75, 3.05) is 11.1 Å². The van der Waals surface area contributed by atoms with E-state index in [2.05, 4.69) is 30.5 Å². The lowest BCUT2D eigenvalue weighted by Crippen LogP contribution is -2.07. The van der Waals surface area contributed by atoms with Gasteiger partial charge in [0.25, 0.3) is 5.22 Å². The third-order valence-corrected chi connectivity index (χ3v) is 4.94. The second-order valence-electron chi connectivity index (χ2n) is 6.05. The number of halogens is 1. The summed E-state index contributed by atoms with van der Waals surface area (Å²) in [4.78, 5) is 12.7. The van der Waals surface area contributed by atoms with Crippen molar-refractivity contribution in [3.63, 3.8) is 0 Å². The summed E-state index contributed by atoms with van der Waals surface area (Å²) in [6.45, 7) is 2.00. The first-order valence-electron chi connectivity index (χ1n) is 8.62. The molecule has 0 fully saturated rings. The molecule has 0 spiro atoms. The largest absolute Gasteiger partial charge is 0.411 e. The summed E-state index contributed by atoms with van der Waals surface area (Å²) in [5.41, 5.74) is 8.57. The molecule has 0 aliphatic rings. The Morgan fingerprint density at radius 1 is 1.07 bits per heavy atom. The van der Waals surface area contributed by atoms with Gasteiger partial charge in [-0.05, 0) is 36.8 Å². The fourth-order valence-corrected chi connectivity index (χ4v) is 3.33. The van der Waals surface area contributed by atoms with Crippen molar-refractivity contribution in [3.05, 3.63) is 64.9 Å². The molecule has 0 amide bonds. The summed E-state index contributed by atoms with van der Waals surface area (Å²) in [7, 11) is 0. The van der Waals surface area contributed by atoms with E-state index in [4.69, 9.17) is 21.8 Å². The van der Waals surface area contributed by atoms with Gasteiger partial charge in [0.15, 0.2) is 0 Å². The third kappa shape index (κ3) is 4.82. The molecule has 0 saturated heterocycles. The third-order valence-electron chi connectivity index (χ3n) is 3.89. The molecule has 4 rings (SSSR count). The maximum Gasteiger partial charge on any atom is 0.277 e. The Balaban J connectivity index is 1.46. The van der Waals surface area contributed by atoms with E-state index in [-0.39, 0.29) is 5.95 Å². The van der Waals surface area contributed by atoms with Crippen LogP contribution in [-0.2, 0) is 5.75 Å². The standard InChI is InChI=1S/C19H16ClN7OS/c1-11-5-2-3-8-14(11)22-18-24-15(23-17(21)25-18)10-29-19-27-26-16(28-19)12-6-4-7-13(20)9-12/h2-9H,10H2,1H3,(H3,21,22,23,24,25). The smallest absolute Gasteiger partial charge is 0.277 e. The summed E-state index contributed by atoms with van der Waals surface area (Å²) in [5.74, 6) is 1.81. The van der Waals surface area contributed by atoms with Crippen LogP contribution in [-0.4, -0.2) is 25.1 Å². The number of thioether (sulfide) groups is 1. The molecule has 0 atom stereocenters. The number of para-hydroxylation sites is 1. The van der Waals surface area contributed by atoms with Crippen molar-refractivity contribution in [3.8, 4) is 11.5 Å². The molecule has 146 valence electrons. The topological polar surface area (TPSA) is 116 Å². The zero-order valence-electron chi connectivity index (χ0n) is 15.3. The molecule has 0 radical (unpaired) electrons. The molecular formula is C19H16ClN7OS. The molecule has 2 aromatic heterocycles. The van der Waals surface area contributed by atoms with E-state index in [1.807, 2.05) is 43.3 Å². The first kappa shape index (κ1) is 19.2. The van der Waals surface area contributed by atoms with Crippen molar-refractivity contribution < 1.29 is 4.42 Å². The Hall–Kier alpha value is -3.17. The average Bonchev–Trinajstić information content (AvgIpc) is 3.17. The molecule has 0 aliphatic heterocycles. The van der Waals surface area contributed by atoms with Gasteiger partial charge in [-0.25, -0.2) is 0 Å². The van der Waals surface area contributed by atoms with E-state index >= 15 is 0 Å². The molecule has 0 unspecified atom stereocenters.